The van der Waals surface area contributed by atoms with Crippen LogP contribution in [0.4, 0.5) is 29.0 Å². The number of rotatable bonds is 10. The molecule has 0 spiro atoms. The fourth-order valence-corrected chi connectivity index (χ4v) is 2.70. The van der Waals surface area contributed by atoms with Crippen LogP contribution in [0.2, 0.25) is 0 Å². The molecule has 3 rings (SSSR count). The van der Waals surface area contributed by atoms with Crippen LogP contribution in [0.5, 0.6) is 6.01 Å². The van der Waals surface area contributed by atoms with E-state index < -0.39 is 6.10 Å². The van der Waals surface area contributed by atoms with Crippen molar-refractivity contribution in [3.8, 4) is 6.01 Å². The number of hydrogen-bond acceptors (Lipinski definition) is 10. The van der Waals surface area contributed by atoms with Crippen LogP contribution in [-0.2, 0) is 0 Å². The largest absolute Gasteiger partial charge is 0.461 e. The summed E-state index contributed by atoms with van der Waals surface area (Å²) in [5.41, 5.74) is 1.62. The van der Waals surface area contributed by atoms with Gasteiger partial charge < -0.3 is 30.9 Å². The van der Waals surface area contributed by atoms with Crippen molar-refractivity contribution in [3.63, 3.8) is 0 Å². The molecule has 0 amide bonds. The average Bonchev–Trinajstić information content (AvgIpc) is 2.76. The molecule has 0 aliphatic carbocycles. The second-order valence-electron chi connectivity index (χ2n) is 6.69. The molecule has 164 valence electrons. The minimum absolute atomic E-state index is 0.102. The van der Waals surface area contributed by atoms with Gasteiger partial charge >= 0.3 is 6.01 Å². The van der Waals surface area contributed by atoms with Crippen LogP contribution < -0.4 is 20.7 Å². The van der Waals surface area contributed by atoms with Gasteiger partial charge in [-0.3, -0.25) is 0 Å². The predicted molar refractivity (Wildman–Crippen MR) is 122 cm³/mol. The summed E-state index contributed by atoms with van der Waals surface area (Å²) >= 11 is 3.42. The normalized spacial score (nSPS) is 12.7. The molecule has 3 aromatic rings. The first-order chi connectivity index (χ1) is 14.9. The minimum atomic E-state index is -0.523. The van der Waals surface area contributed by atoms with Crippen molar-refractivity contribution in [3.05, 3.63) is 47.2 Å². The zero-order valence-electron chi connectivity index (χ0n) is 17.1. The lowest BCUT2D eigenvalue weighted by atomic mass is 10.2. The number of benzene rings is 1. The fraction of sp³-hybridized carbons (Fsp3) is 0.300. The molecular weight excluding hydrogens is 466 g/mol. The number of nitrogens with zero attached hydrogens (tertiary/aromatic N) is 4. The Morgan fingerprint density at radius 2 is 1.74 bits per heavy atom. The van der Waals surface area contributed by atoms with Gasteiger partial charge in [0.15, 0.2) is 0 Å². The molecule has 2 atom stereocenters. The summed E-state index contributed by atoms with van der Waals surface area (Å²) in [4.78, 5) is 17.0. The summed E-state index contributed by atoms with van der Waals surface area (Å²) in [6, 6.07) is 9.27. The molecule has 0 aliphatic rings. The standard InChI is InChI=1S/C20H24BrN7O3/c1-12(13(2)30)24-18-16(21)11-23-19(28-18)26-15-5-3-14(4-6-15)25-17-7-8-22-20(27-17)31-10-9-29/h3-8,11-13,29-30H,9-10H2,1-2H3,(H,22,25,27)(H2,23,24,26,28)/t12-,13-/m1/s1. The summed E-state index contributed by atoms with van der Waals surface area (Å²) in [7, 11) is 0. The molecule has 0 aliphatic heterocycles. The third-order valence-electron chi connectivity index (χ3n) is 4.20. The van der Waals surface area contributed by atoms with Crippen LogP contribution in [-0.4, -0.2) is 55.5 Å². The molecule has 10 nitrogen and oxygen atoms in total. The van der Waals surface area contributed by atoms with E-state index in [-0.39, 0.29) is 25.3 Å². The molecular formula is C20H24BrN7O3. The number of halogens is 1. The molecule has 0 fully saturated rings. The molecule has 1 aromatic carbocycles. The second kappa shape index (κ2) is 10.8. The number of nitrogens with one attached hydrogen (secondary N) is 3. The van der Waals surface area contributed by atoms with Gasteiger partial charge in [-0.05, 0) is 60.1 Å². The Morgan fingerprint density at radius 1 is 1.03 bits per heavy atom. The molecule has 0 radical (unpaired) electrons. The van der Waals surface area contributed by atoms with Crippen molar-refractivity contribution >= 4 is 44.9 Å². The lowest BCUT2D eigenvalue weighted by molar-refractivity contribution is 0.177. The van der Waals surface area contributed by atoms with Crippen LogP contribution in [0.15, 0.2) is 47.2 Å². The molecule has 11 heteroatoms. The summed E-state index contributed by atoms with van der Waals surface area (Å²) in [5, 5.41) is 28.0. The quantitative estimate of drug-likeness (QED) is 0.288. The topological polar surface area (TPSA) is 137 Å². The number of aliphatic hydroxyl groups excluding tert-OH is 2. The predicted octanol–water partition coefficient (Wildman–Crippen LogP) is 3.07. The fourth-order valence-electron chi connectivity index (χ4n) is 2.40. The van der Waals surface area contributed by atoms with Gasteiger partial charge in [-0.25, -0.2) is 9.97 Å². The van der Waals surface area contributed by atoms with Crippen LogP contribution in [0.3, 0.4) is 0 Å². The molecule has 0 saturated heterocycles. The smallest absolute Gasteiger partial charge is 0.318 e. The van der Waals surface area contributed by atoms with Crippen LogP contribution >= 0.6 is 15.9 Å². The maximum Gasteiger partial charge on any atom is 0.318 e. The minimum Gasteiger partial charge on any atom is -0.461 e. The average molecular weight is 490 g/mol. The van der Waals surface area contributed by atoms with Gasteiger partial charge in [-0.1, -0.05) is 0 Å². The lowest BCUT2D eigenvalue weighted by Crippen LogP contribution is -2.28. The Bertz CT molecular complexity index is 989. The first kappa shape index (κ1) is 22.7. The van der Waals surface area contributed by atoms with E-state index in [0.29, 0.717) is 22.1 Å². The SMILES string of the molecule is C[C@@H](O)[C@@H](C)Nc1nc(Nc2ccc(Nc3ccnc(OCCO)n3)cc2)ncc1Br. The Balaban J connectivity index is 1.64. The van der Waals surface area contributed by atoms with Crippen molar-refractivity contribution in [2.24, 2.45) is 0 Å². The third kappa shape index (κ3) is 6.74. The molecule has 2 heterocycles. The molecule has 0 unspecified atom stereocenters. The van der Waals surface area contributed by atoms with E-state index in [0.717, 1.165) is 11.4 Å². The van der Waals surface area contributed by atoms with E-state index in [1.807, 2.05) is 31.2 Å². The van der Waals surface area contributed by atoms with Crippen LogP contribution in [0.25, 0.3) is 0 Å². The Kier molecular flexibility index (Phi) is 7.93. The highest BCUT2D eigenvalue weighted by Gasteiger charge is 2.12. The van der Waals surface area contributed by atoms with E-state index in [9.17, 15) is 5.11 Å². The number of ether oxygens (including phenoxy) is 1. The number of hydrogen-bond donors (Lipinski definition) is 5. The molecule has 0 bridgehead atoms. The molecule has 2 aromatic heterocycles. The zero-order valence-corrected chi connectivity index (χ0v) is 18.7. The Hall–Kier alpha value is -3.02. The molecule has 0 saturated carbocycles. The molecule has 5 N–H and O–H groups in total. The summed E-state index contributed by atoms with van der Waals surface area (Å²) < 4.78 is 5.92. The third-order valence-corrected chi connectivity index (χ3v) is 4.78. The monoisotopic (exact) mass is 489 g/mol. The van der Waals surface area contributed by atoms with E-state index in [1.165, 1.54) is 0 Å². The van der Waals surface area contributed by atoms with Crippen molar-refractivity contribution in [2.75, 3.05) is 29.2 Å². The van der Waals surface area contributed by atoms with Gasteiger partial charge in [-0.2, -0.15) is 9.97 Å². The van der Waals surface area contributed by atoms with Crippen molar-refractivity contribution in [1.82, 2.24) is 19.9 Å². The molecule has 31 heavy (non-hydrogen) atoms. The number of anilines is 5. The number of aromatic nitrogens is 4. The highest BCUT2D eigenvalue weighted by Crippen LogP contribution is 2.24. The van der Waals surface area contributed by atoms with Gasteiger partial charge in [0.2, 0.25) is 5.95 Å². The van der Waals surface area contributed by atoms with Gasteiger partial charge in [0, 0.05) is 23.8 Å². The van der Waals surface area contributed by atoms with Crippen molar-refractivity contribution in [1.29, 1.82) is 0 Å². The van der Waals surface area contributed by atoms with E-state index in [2.05, 4.69) is 51.8 Å². The Morgan fingerprint density at radius 3 is 2.42 bits per heavy atom. The van der Waals surface area contributed by atoms with Gasteiger partial charge in [-0.15, -0.1) is 0 Å². The van der Waals surface area contributed by atoms with Gasteiger partial charge in [0.1, 0.15) is 18.2 Å². The second-order valence-corrected chi connectivity index (χ2v) is 7.54. The van der Waals surface area contributed by atoms with E-state index >= 15 is 0 Å². The van der Waals surface area contributed by atoms with Crippen molar-refractivity contribution in [2.45, 2.75) is 26.0 Å². The zero-order chi connectivity index (χ0) is 22.2. The van der Waals surface area contributed by atoms with E-state index in [1.54, 1.807) is 25.4 Å². The summed E-state index contributed by atoms with van der Waals surface area (Å²) in [5.74, 6) is 1.58. The first-order valence-corrected chi connectivity index (χ1v) is 10.4. The van der Waals surface area contributed by atoms with Gasteiger partial charge in [0.25, 0.3) is 0 Å². The highest BCUT2D eigenvalue weighted by atomic mass is 79.9. The van der Waals surface area contributed by atoms with Gasteiger partial charge in [0.05, 0.1) is 23.2 Å². The van der Waals surface area contributed by atoms with Crippen LogP contribution in [0.1, 0.15) is 13.8 Å². The van der Waals surface area contributed by atoms with E-state index in [4.69, 9.17) is 9.84 Å². The lowest BCUT2D eigenvalue weighted by Gasteiger charge is -2.18. The maximum absolute atomic E-state index is 9.69. The first-order valence-electron chi connectivity index (χ1n) is 9.62. The van der Waals surface area contributed by atoms with Crippen LogP contribution in [0, 0.1) is 0 Å². The Labute approximate surface area is 188 Å². The maximum atomic E-state index is 9.69. The highest BCUT2D eigenvalue weighted by molar-refractivity contribution is 9.10. The summed E-state index contributed by atoms with van der Waals surface area (Å²) in [6.45, 7) is 3.62. The summed E-state index contributed by atoms with van der Waals surface area (Å²) in [6.07, 6.45) is 2.70. The number of aliphatic hydroxyl groups is 2. The van der Waals surface area contributed by atoms with Crippen molar-refractivity contribution < 1.29 is 14.9 Å².